The van der Waals surface area contributed by atoms with E-state index in [4.69, 9.17) is 14.2 Å². The van der Waals surface area contributed by atoms with Crippen LogP contribution in [-0.2, 0) is 25.6 Å². The minimum absolute atomic E-state index is 0.161. The molecule has 0 aliphatic carbocycles. The first-order valence-corrected chi connectivity index (χ1v) is 13.7. The van der Waals surface area contributed by atoms with Gasteiger partial charge < -0.3 is 24.8 Å². The van der Waals surface area contributed by atoms with Crippen LogP contribution in [0, 0.1) is 0 Å². The zero-order valence-corrected chi connectivity index (χ0v) is 21.9. The van der Waals surface area contributed by atoms with E-state index < -0.39 is 5.91 Å². The second-order valence-electron chi connectivity index (χ2n) is 9.58. The van der Waals surface area contributed by atoms with Gasteiger partial charge in [0.2, 0.25) is 0 Å². The third kappa shape index (κ3) is 5.79. The number of benzene rings is 3. The molecule has 0 spiro atoms. The van der Waals surface area contributed by atoms with E-state index in [-0.39, 0.29) is 36.0 Å². The minimum atomic E-state index is -0.400. The summed E-state index contributed by atoms with van der Waals surface area (Å²) in [6.45, 7) is 1.16. The van der Waals surface area contributed by atoms with E-state index in [1.807, 2.05) is 66.7 Å². The van der Waals surface area contributed by atoms with Crippen LogP contribution in [0.4, 0.5) is 0 Å². The highest BCUT2D eigenvalue weighted by Crippen LogP contribution is 2.30. The molecule has 2 aliphatic heterocycles. The molecule has 1 aromatic heterocycles. The van der Waals surface area contributed by atoms with Gasteiger partial charge in [0.1, 0.15) is 24.0 Å². The Bertz CT molecular complexity index is 1450. The Labute approximate surface area is 230 Å². The van der Waals surface area contributed by atoms with Crippen molar-refractivity contribution in [2.45, 2.75) is 31.0 Å². The normalized spacial score (nSPS) is 22.5. The van der Waals surface area contributed by atoms with Crippen molar-refractivity contribution in [1.29, 1.82) is 0 Å². The van der Waals surface area contributed by atoms with E-state index in [9.17, 15) is 9.59 Å². The third-order valence-electron chi connectivity index (χ3n) is 6.89. The maximum absolute atomic E-state index is 13.5. The molecule has 2 fully saturated rings. The maximum atomic E-state index is 13.5. The Morgan fingerprint density at radius 1 is 0.897 bits per heavy atom. The van der Waals surface area contributed by atoms with E-state index in [1.54, 1.807) is 41.7 Å². The van der Waals surface area contributed by atoms with Crippen molar-refractivity contribution in [2.24, 2.45) is 0 Å². The van der Waals surface area contributed by atoms with Crippen molar-refractivity contribution in [3.05, 3.63) is 113 Å². The van der Waals surface area contributed by atoms with Crippen LogP contribution in [0.2, 0.25) is 0 Å². The summed E-state index contributed by atoms with van der Waals surface area (Å²) in [5.41, 5.74) is 1.71. The van der Waals surface area contributed by atoms with Gasteiger partial charge in [-0.1, -0.05) is 66.7 Å². The molecule has 2 amide bonds. The summed E-state index contributed by atoms with van der Waals surface area (Å²) in [5.74, 6) is -0.756. The highest BCUT2D eigenvalue weighted by Gasteiger charge is 2.49. The molecule has 3 heterocycles. The number of fused-ring (bicyclic) bond motifs is 2. The second-order valence-corrected chi connectivity index (χ2v) is 10.7. The molecule has 0 saturated carbocycles. The molecule has 0 unspecified atom stereocenters. The number of carbonyl (C=O) groups excluding carboxylic acids is 2. The molecule has 39 heavy (non-hydrogen) atoms. The fourth-order valence-electron chi connectivity index (χ4n) is 4.91. The largest absolute Gasteiger partial charge is 0.370 e. The van der Waals surface area contributed by atoms with Gasteiger partial charge in [0.05, 0.1) is 25.9 Å². The van der Waals surface area contributed by atoms with Crippen molar-refractivity contribution in [1.82, 2.24) is 10.6 Å². The molecule has 4 aromatic rings. The summed E-state index contributed by atoms with van der Waals surface area (Å²) in [6, 6.07) is 28.4. The number of hydrogen-bond acceptors (Lipinski definition) is 6. The Balaban J connectivity index is 1.16. The van der Waals surface area contributed by atoms with E-state index in [0.29, 0.717) is 25.4 Å². The number of thiophene rings is 1. The zero-order chi connectivity index (χ0) is 26.6. The minimum Gasteiger partial charge on any atom is -0.370 e. The lowest BCUT2D eigenvalue weighted by molar-refractivity contribution is -0.119. The van der Waals surface area contributed by atoms with Gasteiger partial charge in [-0.2, -0.15) is 0 Å². The molecular formula is C31H28N2O5S. The molecule has 198 valence electrons. The Hall–Kier alpha value is -3.82. The smallest absolute Gasteiger partial charge is 0.268 e. The van der Waals surface area contributed by atoms with Crippen molar-refractivity contribution in [3.8, 4) is 0 Å². The fraction of sp³-hybridized carbons (Fsp3) is 0.226. The number of nitrogens with one attached hydrogen (secondary N) is 2. The van der Waals surface area contributed by atoms with Gasteiger partial charge in [-0.15, -0.1) is 11.3 Å². The fourth-order valence-corrected chi connectivity index (χ4v) is 5.92. The van der Waals surface area contributed by atoms with E-state index >= 15 is 0 Å². The van der Waals surface area contributed by atoms with Crippen LogP contribution in [0.15, 0.2) is 96.7 Å². The number of ether oxygens (including phenoxy) is 3. The number of rotatable bonds is 8. The monoisotopic (exact) mass is 540 g/mol. The summed E-state index contributed by atoms with van der Waals surface area (Å²) in [7, 11) is 0. The van der Waals surface area contributed by atoms with Gasteiger partial charge in [-0.25, -0.2) is 0 Å². The highest BCUT2D eigenvalue weighted by molar-refractivity contribution is 7.19. The van der Waals surface area contributed by atoms with E-state index in [2.05, 4.69) is 10.6 Å². The van der Waals surface area contributed by atoms with Gasteiger partial charge in [-0.3, -0.25) is 9.59 Å². The Kier molecular flexibility index (Phi) is 7.51. The molecule has 2 saturated heterocycles. The van der Waals surface area contributed by atoms with Crippen LogP contribution < -0.4 is 10.6 Å². The van der Waals surface area contributed by atoms with Crippen molar-refractivity contribution < 1.29 is 23.8 Å². The quantitative estimate of drug-likeness (QED) is 0.321. The van der Waals surface area contributed by atoms with E-state index in [1.165, 1.54) is 0 Å². The van der Waals surface area contributed by atoms with Gasteiger partial charge >= 0.3 is 0 Å². The summed E-state index contributed by atoms with van der Waals surface area (Å²) >= 11 is 1.55. The van der Waals surface area contributed by atoms with Gasteiger partial charge in [-0.05, 0) is 41.3 Å². The average molecular weight is 541 g/mol. The summed E-state index contributed by atoms with van der Waals surface area (Å²) in [5, 5.41) is 6.93. The standard InChI is InChI=1S/C31H28N2O5S/c34-30(21-11-5-2-6-12-21)32-24(16-23-15-22-13-7-8-14-27(22)39-23)31(35)33-25-18-37-29-26(19-38-28(25)29)36-17-20-9-3-1-4-10-20/h1-16,25-26,28-29H,17-19H2,(H,32,34)(H,33,35)/b24-16-/t25-,26-,28+,29+/m0/s1. The van der Waals surface area contributed by atoms with Crippen LogP contribution in [0.5, 0.6) is 0 Å². The number of amides is 2. The first kappa shape index (κ1) is 25.5. The first-order chi connectivity index (χ1) is 19.1. The number of hydrogen-bond donors (Lipinski definition) is 2. The SMILES string of the molecule is O=C(N[C@H]1CO[C@H]2[C@@H]1OC[C@@H]2OCc1ccccc1)/C(=C/c1cc2ccccc2s1)NC(=O)c1ccccc1. The topological polar surface area (TPSA) is 85.9 Å². The van der Waals surface area contributed by atoms with Crippen LogP contribution in [0.3, 0.4) is 0 Å². The molecule has 8 heteroatoms. The van der Waals surface area contributed by atoms with Crippen LogP contribution in [-0.4, -0.2) is 49.4 Å². The van der Waals surface area contributed by atoms with Crippen LogP contribution in [0.25, 0.3) is 16.2 Å². The molecule has 0 radical (unpaired) electrons. The van der Waals surface area contributed by atoms with Crippen molar-refractivity contribution in [2.75, 3.05) is 13.2 Å². The summed E-state index contributed by atoms with van der Waals surface area (Å²) in [6.07, 6.45) is 0.900. The Morgan fingerprint density at radius 3 is 2.41 bits per heavy atom. The molecule has 0 bridgehead atoms. The zero-order valence-electron chi connectivity index (χ0n) is 21.1. The van der Waals surface area contributed by atoms with Crippen LogP contribution in [0.1, 0.15) is 20.8 Å². The first-order valence-electron chi connectivity index (χ1n) is 12.9. The lowest BCUT2D eigenvalue weighted by Crippen LogP contribution is -2.46. The summed E-state index contributed by atoms with van der Waals surface area (Å²) in [4.78, 5) is 27.4. The van der Waals surface area contributed by atoms with Crippen molar-refractivity contribution in [3.63, 3.8) is 0 Å². The predicted octanol–water partition coefficient (Wildman–Crippen LogP) is 4.54. The van der Waals surface area contributed by atoms with Crippen molar-refractivity contribution >= 4 is 39.3 Å². The summed E-state index contributed by atoms with van der Waals surface area (Å²) < 4.78 is 19.2. The third-order valence-corrected chi connectivity index (χ3v) is 7.95. The highest BCUT2D eigenvalue weighted by atomic mass is 32.1. The molecule has 4 atom stereocenters. The predicted molar refractivity (Wildman–Crippen MR) is 150 cm³/mol. The lowest BCUT2D eigenvalue weighted by atomic mass is 10.1. The Morgan fingerprint density at radius 2 is 1.62 bits per heavy atom. The average Bonchev–Trinajstić information content (AvgIpc) is 3.68. The number of carbonyl (C=O) groups is 2. The van der Waals surface area contributed by atoms with Gasteiger partial charge in [0.15, 0.2) is 0 Å². The lowest BCUT2D eigenvalue weighted by Gasteiger charge is -2.19. The maximum Gasteiger partial charge on any atom is 0.268 e. The van der Waals surface area contributed by atoms with Gasteiger partial charge in [0.25, 0.3) is 11.8 Å². The van der Waals surface area contributed by atoms with E-state index in [0.717, 1.165) is 20.5 Å². The molecular weight excluding hydrogens is 512 g/mol. The molecule has 2 N–H and O–H groups in total. The van der Waals surface area contributed by atoms with Gasteiger partial charge in [0, 0.05) is 15.1 Å². The molecule has 3 aromatic carbocycles. The second kappa shape index (κ2) is 11.5. The molecule has 2 aliphatic rings. The molecule has 6 rings (SSSR count). The van der Waals surface area contributed by atoms with Crippen LogP contribution >= 0.6 is 11.3 Å². The molecule has 7 nitrogen and oxygen atoms in total.